The van der Waals surface area contributed by atoms with Crippen LogP contribution >= 0.6 is 0 Å². The average molecular weight is 469 g/mol. The van der Waals surface area contributed by atoms with E-state index in [4.69, 9.17) is 0 Å². The van der Waals surface area contributed by atoms with Gasteiger partial charge in [0.15, 0.2) is 0 Å². The predicted molar refractivity (Wildman–Crippen MR) is 121 cm³/mol. The van der Waals surface area contributed by atoms with E-state index in [1.807, 2.05) is 4.90 Å². The lowest BCUT2D eigenvalue weighted by molar-refractivity contribution is -0.384. The molecule has 0 spiro atoms. The average Bonchev–Trinajstić information content (AvgIpc) is 3.09. The Balaban J connectivity index is 1.43. The third-order valence-electron chi connectivity index (χ3n) is 6.39. The number of nitrogens with one attached hydrogen (secondary N) is 1. The Morgan fingerprint density at radius 3 is 2.35 bits per heavy atom. The third-order valence-corrected chi connectivity index (χ3v) is 6.39. The molecular weight excluding hydrogens is 445 g/mol. The summed E-state index contributed by atoms with van der Waals surface area (Å²) in [6.07, 6.45) is 0.239. The second kappa shape index (κ2) is 9.08. The number of carbonyl (C=O) groups excluding carboxylic acids is 3. The van der Waals surface area contributed by atoms with Crippen molar-refractivity contribution in [2.75, 3.05) is 37.6 Å². The number of benzene rings is 2. The molecule has 0 aromatic heterocycles. The zero-order valence-corrected chi connectivity index (χ0v) is 18.6. The summed E-state index contributed by atoms with van der Waals surface area (Å²) in [6.45, 7) is 2.67. The maximum Gasteiger partial charge on any atom is 0.325 e. The van der Waals surface area contributed by atoms with Gasteiger partial charge in [0.25, 0.3) is 11.6 Å². The van der Waals surface area contributed by atoms with Crippen LogP contribution in [0.15, 0.2) is 48.5 Å². The van der Waals surface area contributed by atoms with Gasteiger partial charge in [0.05, 0.1) is 4.92 Å². The van der Waals surface area contributed by atoms with Crippen LogP contribution in [0.3, 0.4) is 0 Å². The van der Waals surface area contributed by atoms with Crippen LogP contribution in [0.4, 0.5) is 20.6 Å². The lowest BCUT2D eigenvalue weighted by Crippen LogP contribution is -2.52. The van der Waals surface area contributed by atoms with Crippen molar-refractivity contribution in [1.29, 1.82) is 0 Å². The molecule has 2 aromatic rings. The van der Waals surface area contributed by atoms with E-state index in [1.54, 1.807) is 25.1 Å². The molecule has 0 bridgehead atoms. The van der Waals surface area contributed by atoms with Crippen molar-refractivity contribution >= 4 is 29.2 Å². The molecule has 2 saturated heterocycles. The summed E-state index contributed by atoms with van der Waals surface area (Å²) >= 11 is 0. The van der Waals surface area contributed by atoms with Gasteiger partial charge in [0.2, 0.25) is 5.91 Å². The Bertz CT molecular complexity index is 1130. The Morgan fingerprint density at radius 1 is 1.09 bits per heavy atom. The van der Waals surface area contributed by atoms with Crippen molar-refractivity contribution in [2.24, 2.45) is 0 Å². The summed E-state index contributed by atoms with van der Waals surface area (Å²) in [7, 11) is 0. The van der Waals surface area contributed by atoms with Gasteiger partial charge in [-0.1, -0.05) is 31.2 Å². The van der Waals surface area contributed by atoms with Crippen molar-refractivity contribution in [3.05, 3.63) is 70.0 Å². The van der Waals surface area contributed by atoms with Crippen LogP contribution in [0.25, 0.3) is 0 Å². The molecule has 10 nitrogen and oxygen atoms in total. The molecule has 0 aliphatic carbocycles. The van der Waals surface area contributed by atoms with Crippen LogP contribution in [0.5, 0.6) is 0 Å². The molecule has 4 amide bonds. The molecule has 2 aliphatic heterocycles. The van der Waals surface area contributed by atoms with Crippen LogP contribution < -0.4 is 10.2 Å². The molecule has 34 heavy (non-hydrogen) atoms. The van der Waals surface area contributed by atoms with E-state index >= 15 is 0 Å². The molecule has 2 aliphatic rings. The molecule has 2 aromatic carbocycles. The van der Waals surface area contributed by atoms with Crippen LogP contribution in [0.2, 0.25) is 0 Å². The molecule has 1 atom stereocenters. The summed E-state index contributed by atoms with van der Waals surface area (Å²) in [5.41, 5.74) is -0.419. The number of hydrogen-bond donors (Lipinski definition) is 1. The van der Waals surface area contributed by atoms with Crippen molar-refractivity contribution < 1.29 is 23.7 Å². The monoisotopic (exact) mass is 469 g/mol. The maximum absolute atomic E-state index is 13.4. The fraction of sp³-hybridized carbons (Fsp3) is 0.348. The fourth-order valence-electron chi connectivity index (χ4n) is 4.46. The number of nitro groups is 1. The number of amides is 4. The van der Waals surface area contributed by atoms with E-state index in [0.717, 1.165) is 4.90 Å². The number of imide groups is 1. The summed E-state index contributed by atoms with van der Waals surface area (Å²) in [4.78, 5) is 53.9. The molecule has 4 rings (SSSR count). The van der Waals surface area contributed by atoms with Crippen molar-refractivity contribution in [1.82, 2.24) is 15.1 Å². The number of piperazine rings is 1. The van der Waals surface area contributed by atoms with Gasteiger partial charge in [-0.15, -0.1) is 0 Å². The number of urea groups is 1. The summed E-state index contributed by atoms with van der Waals surface area (Å²) < 4.78 is 13.4. The number of nitro benzene ring substituents is 1. The van der Waals surface area contributed by atoms with Gasteiger partial charge in [-0.3, -0.25) is 24.6 Å². The molecule has 2 heterocycles. The van der Waals surface area contributed by atoms with Crippen molar-refractivity contribution in [2.45, 2.75) is 18.9 Å². The third kappa shape index (κ3) is 4.04. The lowest BCUT2D eigenvalue weighted by atomic mass is 9.87. The van der Waals surface area contributed by atoms with Gasteiger partial charge < -0.3 is 15.1 Å². The first-order chi connectivity index (χ1) is 16.3. The van der Waals surface area contributed by atoms with Crippen molar-refractivity contribution in [3.8, 4) is 0 Å². The van der Waals surface area contributed by atoms with E-state index in [0.29, 0.717) is 37.4 Å². The number of carbonyl (C=O) groups is 3. The van der Waals surface area contributed by atoms with Gasteiger partial charge in [-0.25, -0.2) is 9.18 Å². The van der Waals surface area contributed by atoms with E-state index in [9.17, 15) is 28.9 Å². The van der Waals surface area contributed by atoms with Crippen LogP contribution in [-0.2, 0) is 15.1 Å². The first-order valence-electron chi connectivity index (χ1n) is 10.9. The summed E-state index contributed by atoms with van der Waals surface area (Å²) in [5.74, 6) is -1.41. The molecule has 11 heteroatoms. The predicted octanol–water partition coefficient (Wildman–Crippen LogP) is 2.24. The van der Waals surface area contributed by atoms with E-state index in [2.05, 4.69) is 5.32 Å². The largest absolute Gasteiger partial charge is 0.362 e. The molecule has 1 N–H and O–H groups in total. The SMILES string of the molecule is CCC1(c2ccc(F)cc2)NC(=O)N(CC(=O)N2CCN(c3ccccc3[N+](=O)[O-])CC2)C1=O. The summed E-state index contributed by atoms with van der Waals surface area (Å²) in [6, 6.07) is 11.1. The summed E-state index contributed by atoms with van der Waals surface area (Å²) in [5, 5.41) is 14.0. The number of anilines is 1. The number of hydrogen-bond acceptors (Lipinski definition) is 6. The van der Waals surface area contributed by atoms with Gasteiger partial charge in [-0.2, -0.15) is 0 Å². The first kappa shape index (κ1) is 23.1. The number of rotatable bonds is 6. The maximum atomic E-state index is 13.4. The molecule has 1 unspecified atom stereocenters. The Hall–Kier alpha value is -4.02. The van der Waals surface area contributed by atoms with E-state index < -0.39 is 40.7 Å². The smallest absolute Gasteiger partial charge is 0.325 e. The zero-order chi connectivity index (χ0) is 24.5. The normalized spacial score (nSPS) is 20.5. The highest BCUT2D eigenvalue weighted by atomic mass is 19.1. The van der Waals surface area contributed by atoms with Gasteiger partial charge in [-0.05, 0) is 30.2 Å². The fourth-order valence-corrected chi connectivity index (χ4v) is 4.46. The second-order valence-electron chi connectivity index (χ2n) is 8.20. The standard InChI is InChI=1S/C23H24FN5O5/c1-2-23(16-7-9-17(24)10-8-16)21(31)28(22(32)25-23)15-20(30)27-13-11-26(12-14-27)18-5-3-4-6-19(18)29(33)34/h3-10H,2,11-15H2,1H3,(H,25,32). The Labute approximate surface area is 195 Å². The Morgan fingerprint density at radius 2 is 1.74 bits per heavy atom. The van der Waals surface area contributed by atoms with Gasteiger partial charge >= 0.3 is 6.03 Å². The van der Waals surface area contributed by atoms with Crippen molar-refractivity contribution in [3.63, 3.8) is 0 Å². The van der Waals surface area contributed by atoms with Crippen LogP contribution in [0, 0.1) is 15.9 Å². The van der Waals surface area contributed by atoms with Crippen LogP contribution in [-0.4, -0.2) is 65.3 Å². The quantitative estimate of drug-likeness (QED) is 0.394. The molecule has 0 radical (unpaired) electrons. The minimum Gasteiger partial charge on any atom is -0.362 e. The zero-order valence-electron chi connectivity index (χ0n) is 18.6. The minimum absolute atomic E-state index is 0.00157. The Kier molecular flexibility index (Phi) is 6.18. The van der Waals surface area contributed by atoms with Crippen LogP contribution in [0.1, 0.15) is 18.9 Å². The highest BCUT2D eigenvalue weighted by molar-refractivity contribution is 6.09. The highest BCUT2D eigenvalue weighted by Crippen LogP contribution is 2.33. The number of nitrogens with zero attached hydrogens (tertiary/aromatic N) is 4. The lowest BCUT2D eigenvalue weighted by Gasteiger charge is -2.36. The first-order valence-corrected chi connectivity index (χ1v) is 10.9. The minimum atomic E-state index is -1.35. The number of halogens is 1. The van der Waals surface area contributed by atoms with Gasteiger partial charge in [0.1, 0.15) is 23.6 Å². The van der Waals surface area contributed by atoms with E-state index in [1.165, 1.54) is 35.2 Å². The molecule has 2 fully saturated rings. The molecule has 178 valence electrons. The van der Waals surface area contributed by atoms with E-state index in [-0.39, 0.29) is 12.1 Å². The molecule has 0 saturated carbocycles. The second-order valence-corrected chi connectivity index (χ2v) is 8.20. The number of para-hydroxylation sites is 2. The topological polar surface area (TPSA) is 116 Å². The highest BCUT2D eigenvalue weighted by Gasteiger charge is 2.51. The van der Waals surface area contributed by atoms with Gasteiger partial charge in [0, 0.05) is 32.2 Å². The molecular formula is C23H24FN5O5.